The molecule has 17 heavy (non-hydrogen) atoms. The van der Waals surface area contributed by atoms with Gasteiger partial charge in [-0.3, -0.25) is 4.98 Å². The van der Waals surface area contributed by atoms with Crippen molar-refractivity contribution in [2.24, 2.45) is 0 Å². The van der Waals surface area contributed by atoms with E-state index in [1.807, 2.05) is 0 Å². The molecule has 0 amide bonds. The molecule has 5 nitrogen and oxygen atoms in total. The smallest absolute Gasteiger partial charge is 0.211 e. The maximum Gasteiger partial charge on any atom is 0.211 e. The Morgan fingerprint density at radius 1 is 1.29 bits per heavy atom. The summed E-state index contributed by atoms with van der Waals surface area (Å²) >= 11 is 5.98. The first-order chi connectivity index (χ1) is 7.98. The van der Waals surface area contributed by atoms with Crippen molar-refractivity contribution >= 4 is 21.6 Å². The molecule has 1 fully saturated rings. The molecule has 1 saturated heterocycles. The topological polar surface area (TPSA) is 63.2 Å². The average molecular weight is 276 g/mol. The van der Waals surface area contributed by atoms with E-state index in [4.69, 9.17) is 11.6 Å². The number of halogens is 1. The zero-order chi connectivity index (χ0) is 12.5. The minimum absolute atomic E-state index is 0.203. The Hall–Kier alpha value is -0.720. The maximum atomic E-state index is 11.4. The molecular formula is C10H14ClN3O2S. The molecule has 0 aliphatic carbocycles. The lowest BCUT2D eigenvalue weighted by Crippen LogP contribution is -2.37. The van der Waals surface area contributed by atoms with Crippen LogP contribution in [0.3, 0.4) is 0 Å². The molecule has 94 valence electrons. The highest BCUT2D eigenvalue weighted by Crippen LogP contribution is 2.30. The van der Waals surface area contributed by atoms with Crippen molar-refractivity contribution in [1.29, 1.82) is 0 Å². The lowest BCUT2D eigenvalue weighted by atomic mass is 9.95. The molecule has 0 spiro atoms. The molecule has 0 radical (unpaired) electrons. The van der Waals surface area contributed by atoms with E-state index in [9.17, 15) is 8.42 Å². The monoisotopic (exact) mass is 275 g/mol. The first-order valence-electron chi connectivity index (χ1n) is 5.40. The van der Waals surface area contributed by atoms with E-state index >= 15 is 0 Å². The van der Waals surface area contributed by atoms with Crippen LogP contribution >= 0.6 is 11.6 Å². The highest BCUT2D eigenvalue weighted by atomic mass is 35.5. The Bertz CT molecular complexity index is 498. The van der Waals surface area contributed by atoms with Gasteiger partial charge in [-0.05, 0) is 12.8 Å². The average Bonchev–Trinajstić information content (AvgIpc) is 2.29. The molecule has 0 bridgehead atoms. The van der Waals surface area contributed by atoms with Crippen LogP contribution in [0.1, 0.15) is 24.5 Å². The van der Waals surface area contributed by atoms with Crippen molar-refractivity contribution in [1.82, 2.24) is 14.3 Å². The van der Waals surface area contributed by atoms with Crippen LogP contribution in [-0.2, 0) is 10.0 Å². The Morgan fingerprint density at radius 2 is 1.88 bits per heavy atom. The molecular weight excluding hydrogens is 262 g/mol. The third kappa shape index (κ3) is 2.94. The Labute approximate surface area is 106 Å². The van der Waals surface area contributed by atoms with Crippen molar-refractivity contribution in [3.05, 3.63) is 23.2 Å². The highest BCUT2D eigenvalue weighted by Gasteiger charge is 2.27. The fraction of sp³-hybridized carbons (Fsp3) is 0.600. The van der Waals surface area contributed by atoms with Crippen LogP contribution in [0.5, 0.6) is 0 Å². The van der Waals surface area contributed by atoms with Gasteiger partial charge in [0.1, 0.15) is 0 Å². The molecule has 1 aromatic rings. The lowest BCUT2D eigenvalue weighted by Gasteiger charge is -2.29. The van der Waals surface area contributed by atoms with Gasteiger partial charge in [0.15, 0.2) is 5.15 Å². The zero-order valence-electron chi connectivity index (χ0n) is 9.50. The number of piperidine rings is 1. The molecule has 0 N–H and O–H groups in total. The molecule has 2 rings (SSSR count). The summed E-state index contributed by atoms with van der Waals surface area (Å²) in [5.74, 6) is 0.203. The lowest BCUT2D eigenvalue weighted by molar-refractivity contribution is 0.318. The largest absolute Gasteiger partial charge is 0.256 e. The van der Waals surface area contributed by atoms with E-state index < -0.39 is 10.0 Å². The van der Waals surface area contributed by atoms with E-state index in [-0.39, 0.29) is 5.92 Å². The summed E-state index contributed by atoms with van der Waals surface area (Å²) in [7, 11) is -3.08. The maximum absolute atomic E-state index is 11.4. The Kier molecular flexibility index (Phi) is 3.65. The van der Waals surface area contributed by atoms with Crippen LogP contribution in [-0.4, -0.2) is 42.0 Å². The summed E-state index contributed by atoms with van der Waals surface area (Å²) in [6.07, 6.45) is 5.89. The van der Waals surface area contributed by atoms with Crippen molar-refractivity contribution in [2.75, 3.05) is 19.3 Å². The van der Waals surface area contributed by atoms with Gasteiger partial charge in [-0.2, -0.15) is 0 Å². The van der Waals surface area contributed by atoms with Gasteiger partial charge in [-0.1, -0.05) is 11.6 Å². The van der Waals surface area contributed by atoms with E-state index in [1.165, 1.54) is 10.6 Å². The molecule has 2 heterocycles. The van der Waals surface area contributed by atoms with Crippen LogP contribution in [0.2, 0.25) is 5.15 Å². The molecule has 0 atom stereocenters. The van der Waals surface area contributed by atoms with Crippen molar-refractivity contribution < 1.29 is 8.42 Å². The minimum Gasteiger partial charge on any atom is -0.256 e. The van der Waals surface area contributed by atoms with Gasteiger partial charge in [0.25, 0.3) is 0 Å². The quantitative estimate of drug-likeness (QED) is 0.815. The second kappa shape index (κ2) is 4.88. The normalized spacial score (nSPS) is 19.4. The number of hydrogen-bond donors (Lipinski definition) is 0. The molecule has 1 aliphatic heterocycles. The predicted molar refractivity (Wildman–Crippen MR) is 65.4 cm³/mol. The van der Waals surface area contributed by atoms with Crippen LogP contribution < -0.4 is 0 Å². The second-order valence-corrected chi connectivity index (χ2v) is 6.51. The first kappa shape index (κ1) is 12.7. The molecule has 0 unspecified atom stereocenters. The van der Waals surface area contributed by atoms with Gasteiger partial charge >= 0.3 is 0 Å². The van der Waals surface area contributed by atoms with Gasteiger partial charge in [-0.15, -0.1) is 0 Å². The summed E-state index contributed by atoms with van der Waals surface area (Å²) in [4.78, 5) is 8.22. The molecule has 0 aromatic carbocycles. The van der Waals surface area contributed by atoms with Crippen molar-refractivity contribution in [3.63, 3.8) is 0 Å². The van der Waals surface area contributed by atoms with E-state index in [0.29, 0.717) is 18.2 Å². The molecule has 7 heteroatoms. The third-order valence-corrected chi connectivity index (χ3v) is 4.58. The van der Waals surface area contributed by atoms with Gasteiger partial charge in [0.2, 0.25) is 10.0 Å². The number of rotatable bonds is 2. The summed E-state index contributed by atoms with van der Waals surface area (Å²) < 4.78 is 24.2. The first-order valence-corrected chi connectivity index (χ1v) is 7.62. The summed E-state index contributed by atoms with van der Waals surface area (Å²) in [5.41, 5.74) is 0.780. The molecule has 1 aliphatic rings. The number of nitrogens with zero attached hydrogens (tertiary/aromatic N) is 3. The minimum atomic E-state index is -3.08. The van der Waals surface area contributed by atoms with Gasteiger partial charge in [-0.25, -0.2) is 17.7 Å². The van der Waals surface area contributed by atoms with Crippen molar-refractivity contribution in [2.45, 2.75) is 18.8 Å². The van der Waals surface area contributed by atoms with Crippen molar-refractivity contribution in [3.8, 4) is 0 Å². The van der Waals surface area contributed by atoms with E-state index in [1.54, 1.807) is 12.4 Å². The highest BCUT2D eigenvalue weighted by molar-refractivity contribution is 7.88. The predicted octanol–water partition coefficient (Wildman–Crippen LogP) is 1.27. The van der Waals surface area contributed by atoms with Crippen LogP contribution in [0.25, 0.3) is 0 Å². The number of aromatic nitrogens is 2. The summed E-state index contributed by atoms with van der Waals surface area (Å²) in [5, 5.41) is 0.422. The molecule has 1 aromatic heterocycles. The van der Waals surface area contributed by atoms with Crippen LogP contribution in [0.4, 0.5) is 0 Å². The van der Waals surface area contributed by atoms with Crippen LogP contribution in [0, 0.1) is 0 Å². The molecule has 0 saturated carbocycles. The fourth-order valence-electron chi connectivity index (χ4n) is 2.07. The number of hydrogen-bond acceptors (Lipinski definition) is 4. The van der Waals surface area contributed by atoms with Gasteiger partial charge in [0, 0.05) is 31.4 Å². The number of sulfonamides is 1. The second-order valence-electron chi connectivity index (χ2n) is 4.17. The summed E-state index contributed by atoms with van der Waals surface area (Å²) in [6.45, 7) is 1.05. The fourth-order valence-corrected chi connectivity index (χ4v) is 3.20. The van der Waals surface area contributed by atoms with Crippen LogP contribution in [0.15, 0.2) is 12.4 Å². The SMILES string of the molecule is CS(=O)(=O)N1CCC(c2nccnc2Cl)CC1. The van der Waals surface area contributed by atoms with Gasteiger partial charge in [0.05, 0.1) is 11.9 Å². The summed E-state index contributed by atoms with van der Waals surface area (Å²) in [6, 6.07) is 0. The van der Waals surface area contributed by atoms with Gasteiger partial charge < -0.3 is 0 Å². The Morgan fingerprint density at radius 3 is 2.41 bits per heavy atom. The Balaban J connectivity index is 2.08. The third-order valence-electron chi connectivity index (χ3n) is 2.99. The standard InChI is InChI=1S/C10H14ClN3O2S/c1-17(15,16)14-6-2-8(3-7-14)9-10(11)13-5-4-12-9/h4-5,8H,2-3,6-7H2,1H3. The van der Waals surface area contributed by atoms with E-state index in [0.717, 1.165) is 18.5 Å². The zero-order valence-corrected chi connectivity index (χ0v) is 11.1. The van der Waals surface area contributed by atoms with E-state index in [2.05, 4.69) is 9.97 Å².